The van der Waals surface area contributed by atoms with Gasteiger partial charge in [0.05, 0.1) is 17.6 Å². The van der Waals surface area contributed by atoms with Gasteiger partial charge in [-0.15, -0.1) is 0 Å². The molecule has 0 unspecified atom stereocenters. The number of aromatic nitrogens is 2. The van der Waals surface area contributed by atoms with Crippen LogP contribution in [0.25, 0.3) is 11.0 Å². The van der Waals surface area contributed by atoms with E-state index in [9.17, 15) is 4.79 Å². The number of H-pyrrole nitrogens is 1. The van der Waals surface area contributed by atoms with Gasteiger partial charge in [0, 0.05) is 5.69 Å². The molecule has 3 aromatic rings. The van der Waals surface area contributed by atoms with Gasteiger partial charge in [-0.05, 0) is 31.2 Å². The monoisotopic (exact) mass is 307 g/mol. The molecule has 3 rings (SSSR count). The summed E-state index contributed by atoms with van der Waals surface area (Å²) in [4.78, 5) is 19.4. The number of hydrogen-bond acceptors (Lipinski definition) is 4. The van der Waals surface area contributed by atoms with Crippen molar-refractivity contribution in [2.45, 2.75) is 6.92 Å². The molecule has 1 aromatic heterocycles. The maximum absolute atomic E-state index is 11.8. The number of aromatic amines is 1. The minimum atomic E-state index is -0.218. The zero-order valence-corrected chi connectivity index (χ0v) is 12.7. The first kappa shape index (κ1) is 14.8. The zero-order chi connectivity index (χ0) is 16.1. The van der Waals surface area contributed by atoms with Gasteiger partial charge in [0.15, 0.2) is 5.82 Å². The lowest BCUT2D eigenvalue weighted by Gasteiger charge is -2.05. The average molecular weight is 307 g/mol. The molecule has 0 atom stereocenters. The number of imidazole rings is 1. The van der Waals surface area contributed by atoms with Crippen molar-refractivity contribution in [3.05, 3.63) is 60.4 Å². The summed E-state index contributed by atoms with van der Waals surface area (Å²) in [5.41, 5.74) is 5.84. The van der Waals surface area contributed by atoms with Gasteiger partial charge in [-0.2, -0.15) is 5.10 Å². The van der Waals surface area contributed by atoms with E-state index in [4.69, 9.17) is 0 Å². The van der Waals surface area contributed by atoms with Gasteiger partial charge < -0.3 is 10.3 Å². The van der Waals surface area contributed by atoms with Crippen molar-refractivity contribution in [1.82, 2.24) is 15.4 Å². The fraction of sp³-hybridized carbons (Fsp3) is 0.118. The Morgan fingerprint density at radius 3 is 2.65 bits per heavy atom. The van der Waals surface area contributed by atoms with E-state index in [2.05, 4.69) is 25.8 Å². The van der Waals surface area contributed by atoms with E-state index in [-0.39, 0.29) is 12.5 Å². The normalized spacial score (nSPS) is 11.4. The Labute approximate surface area is 133 Å². The van der Waals surface area contributed by atoms with Crippen LogP contribution in [0.2, 0.25) is 0 Å². The van der Waals surface area contributed by atoms with Gasteiger partial charge in [0.2, 0.25) is 0 Å². The minimum absolute atomic E-state index is 0.154. The summed E-state index contributed by atoms with van der Waals surface area (Å²) in [6, 6.07) is 17.3. The fourth-order valence-corrected chi connectivity index (χ4v) is 2.10. The quantitative estimate of drug-likeness (QED) is 0.500. The molecule has 0 bridgehead atoms. The summed E-state index contributed by atoms with van der Waals surface area (Å²) in [6.07, 6.45) is 0. The highest BCUT2D eigenvalue weighted by Gasteiger charge is 2.06. The molecule has 2 aromatic carbocycles. The van der Waals surface area contributed by atoms with E-state index in [0.29, 0.717) is 11.5 Å². The summed E-state index contributed by atoms with van der Waals surface area (Å²) in [5, 5.41) is 7.11. The number of amides is 1. The Hall–Kier alpha value is -3.15. The topological polar surface area (TPSA) is 82.2 Å². The minimum Gasteiger partial charge on any atom is -0.376 e. The number of benzene rings is 2. The van der Waals surface area contributed by atoms with E-state index in [0.717, 1.165) is 16.7 Å². The summed E-state index contributed by atoms with van der Waals surface area (Å²) in [7, 11) is 0. The van der Waals surface area contributed by atoms with Crippen LogP contribution in [0.1, 0.15) is 12.7 Å². The van der Waals surface area contributed by atoms with Crippen molar-refractivity contribution < 1.29 is 4.79 Å². The molecule has 6 heteroatoms. The van der Waals surface area contributed by atoms with Gasteiger partial charge >= 0.3 is 0 Å². The molecule has 0 aliphatic heterocycles. The number of para-hydroxylation sites is 3. The third kappa shape index (κ3) is 3.74. The van der Waals surface area contributed by atoms with Crippen molar-refractivity contribution in [3.63, 3.8) is 0 Å². The van der Waals surface area contributed by atoms with E-state index >= 15 is 0 Å². The number of nitrogens with zero attached hydrogens (tertiary/aromatic N) is 2. The predicted molar refractivity (Wildman–Crippen MR) is 91.4 cm³/mol. The number of hydrazone groups is 1. The highest BCUT2D eigenvalue weighted by Crippen LogP contribution is 2.10. The van der Waals surface area contributed by atoms with Crippen LogP contribution in [0.4, 0.5) is 5.69 Å². The SMILES string of the molecule is C/C(=N\NC(=O)CNc1ccccc1)c1nc2ccccc2[nH]1. The van der Waals surface area contributed by atoms with Crippen LogP contribution in [0.15, 0.2) is 59.7 Å². The third-order valence-electron chi connectivity index (χ3n) is 3.31. The van der Waals surface area contributed by atoms with Gasteiger partial charge in [-0.1, -0.05) is 30.3 Å². The molecule has 0 radical (unpaired) electrons. The van der Waals surface area contributed by atoms with E-state index in [1.54, 1.807) is 6.92 Å². The van der Waals surface area contributed by atoms with Gasteiger partial charge in [0.25, 0.3) is 5.91 Å². The molecule has 0 spiro atoms. The number of nitrogens with one attached hydrogen (secondary N) is 3. The van der Waals surface area contributed by atoms with Crippen LogP contribution in [-0.2, 0) is 4.79 Å². The second-order valence-electron chi connectivity index (χ2n) is 5.05. The number of carbonyl (C=O) groups is 1. The molecular formula is C17H17N5O. The smallest absolute Gasteiger partial charge is 0.259 e. The number of anilines is 1. The molecule has 0 saturated heterocycles. The second-order valence-corrected chi connectivity index (χ2v) is 5.05. The lowest BCUT2D eigenvalue weighted by molar-refractivity contribution is -0.119. The van der Waals surface area contributed by atoms with Crippen molar-refractivity contribution >= 4 is 28.3 Å². The Kier molecular flexibility index (Phi) is 4.33. The molecule has 1 amide bonds. The summed E-state index contributed by atoms with van der Waals surface area (Å²) in [5.74, 6) is 0.423. The Morgan fingerprint density at radius 1 is 1.13 bits per heavy atom. The molecule has 1 heterocycles. The van der Waals surface area contributed by atoms with Crippen molar-refractivity contribution in [3.8, 4) is 0 Å². The molecule has 0 aliphatic carbocycles. The number of carbonyl (C=O) groups excluding carboxylic acids is 1. The first-order chi connectivity index (χ1) is 11.2. The first-order valence-corrected chi connectivity index (χ1v) is 7.29. The molecule has 0 saturated carbocycles. The Balaban J connectivity index is 1.59. The molecular weight excluding hydrogens is 290 g/mol. The maximum atomic E-state index is 11.8. The molecule has 23 heavy (non-hydrogen) atoms. The van der Waals surface area contributed by atoms with Gasteiger partial charge in [0.1, 0.15) is 5.71 Å². The van der Waals surface area contributed by atoms with Crippen LogP contribution < -0.4 is 10.7 Å². The zero-order valence-electron chi connectivity index (χ0n) is 12.7. The van der Waals surface area contributed by atoms with Gasteiger partial charge in [-0.25, -0.2) is 10.4 Å². The van der Waals surface area contributed by atoms with Crippen LogP contribution >= 0.6 is 0 Å². The summed E-state index contributed by atoms with van der Waals surface area (Å²) in [6.45, 7) is 1.95. The molecule has 6 nitrogen and oxygen atoms in total. The summed E-state index contributed by atoms with van der Waals surface area (Å²) < 4.78 is 0. The lowest BCUT2D eigenvalue weighted by atomic mass is 10.3. The van der Waals surface area contributed by atoms with Crippen molar-refractivity contribution in [2.75, 3.05) is 11.9 Å². The number of hydrogen-bond donors (Lipinski definition) is 3. The van der Waals surface area contributed by atoms with Crippen molar-refractivity contribution in [2.24, 2.45) is 5.10 Å². The third-order valence-corrected chi connectivity index (χ3v) is 3.31. The largest absolute Gasteiger partial charge is 0.376 e. The van der Waals surface area contributed by atoms with E-state index in [1.807, 2.05) is 54.6 Å². The fourth-order valence-electron chi connectivity index (χ4n) is 2.10. The van der Waals surface area contributed by atoms with Crippen LogP contribution in [-0.4, -0.2) is 28.1 Å². The average Bonchev–Trinajstić information content (AvgIpc) is 3.03. The van der Waals surface area contributed by atoms with Crippen molar-refractivity contribution in [1.29, 1.82) is 0 Å². The van der Waals surface area contributed by atoms with Gasteiger partial charge in [-0.3, -0.25) is 4.79 Å². The molecule has 0 aliphatic rings. The standard InChI is InChI=1S/C17H17N5O/c1-12(17-19-14-9-5-6-10-15(14)20-17)21-22-16(23)11-18-13-7-3-2-4-8-13/h2-10,18H,11H2,1H3,(H,19,20)(H,22,23)/b21-12+. The van der Waals surface area contributed by atoms with E-state index < -0.39 is 0 Å². The molecule has 0 fully saturated rings. The second kappa shape index (κ2) is 6.74. The highest BCUT2D eigenvalue weighted by molar-refractivity contribution is 5.98. The predicted octanol–water partition coefficient (Wildman–Crippen LogP) is 2.52. The van der Waals surface area contributed by atoms with Crippen LogP contribution in [0.3, 0.4) is 0 Å². The number of rotatable bonds is 5. The Morgan fingerprint density at radius 2 is 1.87 bits per heavy atom. The lowest BCUT2D eigenvalue weighted by Crippen LogP contribution is -2.26. The Bertz CT molecular complexity index is 805. The van der Waals surface area contributed by atoms with Crippen LogP contribution in [0.5, 0.6) is 0 Å². The molecule has 3 N–H and O–H groups in total. The maximum Gasteiger partial charge on any atom is 0.259 e. The summed E-state index contributed by atoms with van der Waals surface area (Å²) >= 11 is 0. The first-order valence-electron chi connectivity index (χ1n) is 7.29. The van der Waals surface area contributed by atoms with Crippen LogP contribution in [0, 0.1) is 0 Å². The highest BCUT2D eigenvalue weighted by atomic mass is 16.2. The van der Waals surface area contributed by atoms with E-state index in [1.165, 1.54) is 0 Å². The molecule has 116 valence electrons. The number of fused-ring (bicyclic) bond motifs is 1.